The molecule has 0 aromatic rings. The largest absolute Gasteiger partial charge is 0.378 e. The van der Waals surface area contributed by atoms with E-state index in [1.165, 1.54) is 25.7 Å². The lowest BCUT2D eigenvalue weighted by Crippen LogP contribution is -2.25. The summed E-state index contributed by atoms with van der Waals surface area (Å²) < 4.78 is 27.3. The lowest BCUT2D eigenvalue weighted by Gasteiger charge is -2.16. The molecule has 0 aliphatic rings. The lowest BCUT2D eigenvalue weighted by molar-refractivity contribution is 0.0415. The highest BCUT2D eigenvalue weighted by molar-refractivity contribution is 7.89. The maximum atomic E-state index is 10.9. The predicted octanol–water partition coefficient (Wildman–Crippen LogP) is 2.29. The first-order valence-electron chi connectivity index (χ1n) is 6.47. The van der Waals surface area contributed by atoms with E-state index in [4.69, 9.17) is 9.88 Å². The summed E-state index contributed by atoms with van der Waals surface area (Å²) in [5.41, 5.74) is 0. The minimum absolute atomic E-state index is 0.00441. The van der Waals surface area contributed by atoms with Gasteiger partial charge in [0.15, 0.2) is 0 Å². The van der Waals surface area contributed by atoms with Crippen molar-refractivity contribution in [1.29, 1.82) is 0 Å². The number of hydrogen-bond acceptors (Lipinski definition) is 3. The van der Waals surface area contributed by atoms with E-state index in [2.05, 4.69) is 6.92 Å². The number of hydrogen-bond donors (Lipinski definition) is 1. The van der Waals surface area contributed by atoms with Crippen LogP contribution in [0.2, 0.25) is 0 Å². The van der Waals surface area contributed by atoms with Gasteiger partial charge in [0.1, 0.15) is 0 Å². The van der Waals surface area contributed by atoms with E-state index in [0.29, 0.717) is 6.61 Å². The van der Waals surface area contributed by atoms with Crippen LogP contribution in [0.3, 0.4) is 0 Å². The van der Waals surface area contributed by atoms with Gasteiger partial charge in [-0.15, -0.1) is 0 Å². The Labute approximate surface area is 106 Å². The van der Waals surface area contributed by atoms with Gasteiger partial charge in [-0.05, 0) is 19.3 Å². The first kappa shape index (κ1) is 16.9. The number of nitrogens with two attached hydrogens (primary N) is 1. The molecule has 0 aromatic heterocycles. The summed E-state index contributed by atoms with van der Waals surface area (Å²) in [6.45, 7) is 6.53. The van der Waals surface area contributed by atoms with Crippen LogP contribution in [0, 0.1) is 5.92 Å². The molecule has 0 aromatic carbocycles. The fourth-order valence-corrected chi connectivity index (χ4v) is 2.60. The van der Waals surface area contributed by atoms with Gasteiger partial charge in [0.05, 0.1) is 18.5 Å². The molecule has 2 unspecified atom stereocenters. The van der Waals surface area contributed by atoms with E-state index in [1.807, 2.05) is 13.8 Å². The quantitative estimate of drug-likeness (QED) is 0.616. The predicted molar refractivity (Wildman–Crippen MR) is 71.3 cm³/mol. The Morgan fingerprint density at radius 3 is 2.35 bits per heavy atom. The van der Waals surface area contributed by atoms with Crippen LogP contribution in [0.25, 0.3) is 0 Å². The van der Waals surface area contributed by atoms with Crippen molar-refractivity contribution in [1.82, 2.24) is 0 Å². The number of ether oxygens (including phenoxy) is 1. The number of sulfonamides is 1. The monoisotopic (exact) mass is 265 g/mol. The zero-order valence-electron chi connectivity index (χ0n) is 11.3. The third kappa shape index (κ3) is 12.1. The summed E-state index contributed by atoms with van der Waals surface area (Å²) in [7, 11) is -3.38. The van der Waals surface area contributed by atoms with Crippen LogP contribution in [0.5, 0.6) is 0 Å². The molecule has 0 aliphatic heterocycles. The smallest absolute Gasteiger partial charge is 0.209 e. The second-order valence-electron chi connectivity index (χ2n) is 4.93. The van der Waals surface area contributed by atoms with E-state index in [1.54, 1.807) is 0 Å². The summed E-state index contributed by atoms with van der Waals surface area (Å²) in [5.74, 6) is -0.0432. The van der Waals surface area contributed by atoms with E-state index < -0.39 is 10.0 Å². The molecule has 4 nitrogen and oxygen atoms in total. The van der Waals surface area contributed by atoms with Crippen molar-refractivity contribution in [3.8, 4) is 0 Å². The van der Waals surface area contributed by atoms with Gasteiger partial charge in [-0.3, -0.25) is 0 Å². The van der Waals surface area contributed by atoms with Crippen LogP contribution in [0.15, 0.2) is 0 Å². The van der Waals surface area contributed by atoms with E-state index >= 15 is 0 Å². The van der Waals surface area contributed by atoms with Crippen LogP contribution in [-0.4, -0.2) is 26.9 Å². The van der Waals surface area contributed by atoms with Crippen molar-refractivity contribution in [3.63, 3.8) is 0 Å². The molecule has 17 heavy (non-hydrogen) atoms. The molecule has 0 spiro atoms. The summed E-state index contributed by atoms with van der Waals surface area (Å²) >= 11 is 0. The first-order valence-corrected chi connectivity index (χ1v) is 8.18. The van der Waals surface area contributed by atoms with E-state index in [9.17, 15) is 8.42 Å². The minimum Gasteiger partial charge on any atom is -0.378 e. The van der Waals surface area contributed by atoms with Crippen molar-refractivity contribution in [2.75, 3.05) is 12.4 Å². The average Bonchev–Trinajstić information content (AvgIpc) is 2.19. The Kier molecular flexibility index (Phi) is 8.82. The fraction of sp³-hybridized carbons (Fsp3) is 1.00. The van der Waals surface area contributed by atoms with Crippen molar-refractivity contribution in [2.45, 2.75) is 59.0 Å². The average molecular weight is 265 g/mol. The van der Waals surface area contributed by atoms with Gasteiger partial charge in [-0.1, -0.05) is 39.5 Å². The molecule has 0 aliphatic carbocycles. The lowest BCUT2D eigenvalue weighted by atomic mass is 10.1. The van der Waals surface area contributed by atoms with Gasteiger partial charge in [-0.25, -0.2) is 13.6 Å². The second kappa shape index (κ2) is 8.89. The zero-order chi connectivity index (χ0) is 13.3. The standard InChI is InChI=1S/C12H27NO3S/c1-4-5-6-7-8-12(3)16-9-11(2)10-17(13,14)15/h11-12H,4-10H2,1-3H3,(H2,13,14,15). The summed E-state index contributed by atoms with van der Waals surface area (Å²) in [6.07, 6.45) is 6.18. The first-order chi connectivity index (χ1) is 7.85. The molecule has 0 rings (SSSR count). The van der Waals surface area contributed by atoms with Gasteiger partial charge in [0.2, 0.25) is 10.0 Å². The molecule has 5 heteroatoms. The summed E-state index contributed by atoms with van der Waals surface area (Å²) in [5, 5.41) is 4.97. The topological polar surface area (TPSA) is 69.4 Å². The molecule has 0 saturated heterocycles. The highest BCUT2D eigenvalue weighted by Gasteiger charge is 2.12. The van der Waals surface area contributed by atoms with Crippen LogP contribution in [0.4, 0.5) is 0 Å². The zero-order valence-corrected chi connectivity index (χ0v) is 12.1. The van der Waals surface area contributed by atoms with Crippen molar-refractivity contribution in [3.05, 3.63) is 0 Å². The Balaban J connectivity index is 3.58. The highest BCUT2D eigenvalue weighted by Crippen LogP contribution is 2.09. The van der Waals surface area contributed by atoms with Crippen LogP contribution in [-0.2, 0) is 14.8 Å². The maximum Gasteiger partial charge on any atom is 0.209 e. The Bertz CT molecular complexity index is 277. The van der Waals surface area contributed by atoms with Crippen LogP contribution >= 0.6 is 0 Å². The Hall–Kier alpha value is -0.130. The van der Waals surface area contributed by atoms with Crippen molar-refractivity contribution in [2.24, 2.45) is 11.1 Å². The molecule has 2 atom stereocenters. The van der Waals surface area contributed by atoms with Gasteiger partial charge in [-0.2, -0.15) is 0 Å². The Morgan fingerprint density at radius 2 is 1.82 bits per heavy atom. The van der Waals surface area contributed by atoms with Crippen LogP contribution in [0.1, 0.15) is 52.9 Å². The molecule has 0 bridgehead atoms. The van der Waals surface area contributed by atoms with Crippen LogP contribution < -0.4 is 5.14 Å². The molecule has 0 fully saturated rings. The molecule has 2 N–H and O–H groups in total. The van der Waals surface area contributed by atoms with E-state index in [0.717, 1.165) is 6.42 Å². The molecule has 0 amide bonds. The second-order valence-corrected chi connectivity index (χ2v) is 6.59. The molecule has 104 valence electrons. The SMILES string of the molecule is CCCCCCC(C)OCC(C)CS(N)(=O)=O. The third-order valence-electron chi connectivity index (χ3n) is 2.65. The maximum absolute atomic E-state index is 10.9. The number of rotatable bonds is 10. The molecule has 0 heterocycles. The highest BCUT2D eigenvalue weighted by atomic mass is 32.2. The molecular formula is C12H27NO3S. The van der Waals surface area contributed by atoms with Crippen molar-refractivity contribution < 1.29 is 13.2 Å². The minimum atomic E-state index is -3.38. The van der Waals surface area contributed by atoms with Gasteiger partial charge in [0, 0.05) is 0 Å². The van der Waals surface area contributed by atoms with Gasteiger partial charge >= 0.3 is 0 Å². The number of primary sulfonamides is 1. The Morgan fingerprint density at radius 1 is 1.18 bits per heavy atom. The van der Waals surface area contributed by atoms with Gasteiger partial charge in [0.25, 0.3) is 0 Å². The number of unbranched alkanes of at least 4 members (excludes halogenated alkanes) is 3. The van der Waals surface area contributed by atoms with E-state index in [-0.39, 0.29) is 17.8 Å². The van der Waals surface area contributed by atoms with Gasteiger partial charge < -0.3 is 4.74 Å². The summed E-state index contributed by atoms with van der Waals surface area (Å²) in [4.78, 5) is 0. The third-order valence-corrected chi connectivity index (χ3v) is 3.68. The molecule has 0 radical (unpaired) electrons. The summed E-state index contributed by atoms with van der Waals surface area (Å²) in [6, 6.07) is 0. The molecular weight excluding hydrogens is 238 g/mol. The normalized spacial score (nSPS) is 15.8. The van der Waals surface area contributed by atoms with Crippen molar-refractivity contribution >= 4 is 10.0 Å². The molecule has 0 saturated carbocycles. The fourth-order valence-electron chi connectivity index (χ4n) is 1.72.